The molecular formula is C22H34N2O2. The highest BCUT2D eigenvalue weighted by molar-refractivity contribution is 5.73. The zero-order chi connectivity index (χ0) is 18.0. The number of hydrogen-bond donors (Lipinski definition) is 1. The number of piperidine rings is 1. The summed E-state index contributed by atoms with van der Waals surface area (Å²) in [7, 11) is 0. The van der Waals surface area contributed by atoms with Gasteiger partial charge < -0.3 is 15.0 Å². The quantitative estimate of drug-likeness (QED) is 0.896. The van der Waals surface area contributed by atoms with Crippen LogP contribution in [0, 0.1) is 5.92 Å². The first-order chi connectivity index (χ1) is 12.7. The van der Waals surface area contributed by atoms with Gasteiger partial charge in [0.2, 0.25) is 5.91 Å². The summed E-state index contributed by atoms with van der Waals surface area (Å²) in [5, 5.41) is 3.16. The monoisotopic (exact) mass is 358 g/mol. The Morgan fingerprint density at radius 2 is 1.92 bits per heavy atom. The van der Waals surface area contributed by atoms with Crippen LogP contribution in [0.1, 0.15) is 64.0 Å². The smallest absolute Gasteiger partial charge is 0.217 e. The van der Waals surface area contributed by atoms with Crippen molar-refractivity contribution in [2.75, 3.05) is 32.8 Å². The van der Waals surface area contributed by atoms with Crippen LogP contribution in [0.5, 0.6) is 0 Å². The van der Waals surface area contributed by atoms with E-state index in [1.807, 2.05) is 0 Å². The minimum atomic E-state index is 0. The number of amides is 1. The lowest BCUT2D eigenvalue weighted by atomic mass is 9.63. The second-order valence-electron chi connectivity index (χ2n) is 8.52. The SMILES string of the molecule is CC(=O)NC1CCC2(CCN(CC3CCOCC3)CC2)c2ccccc21.[HH]. The Balaban J connectivity index is 0.00000210. The van der Waals surface area contributed by atoms with Crippen LogP contribution in [0.2, 0.25) is 0 Å². The topological polar surface area (TPSA) is 41.6 Å². The molecule has 4 nitrogen and oxygen atoms in total. The Labute approximate surface area is 158 Å². The number of hydrogen-bond acceptors (Lipinski definition) is 3. The van der Waals surface area contributed by atoms with E-state index in [-0.39, 0.29) is 13.4 Å². The van der Waals surface area contributed by atoms with Gasteiger partial charge in [0.05, 0.1) is 6.04 Å². The van der Waals surface area contributed by atoms with Gasteiger partial charge in [0.1, 0.15) is 0 Å². The van der Waals surface area contributed by atoms with E-state index in [9.17, 15) is 4.79 Å². The Hall–Kier alpha value is -1.39. The summed E-state index contributed by atoms with van der Waals surface area (Å²) in [6.45, 7) is 7.17. The van der Waals surface area contributed by atoms with E-state index in [1.165, 1.54) is 62.9 Å². The number of rotatable bonds is 3. The lowest BCUT2D eigenvalue weighted by Crippen LogP contribution is -2.47. The molecule has 1 aromatic rings. The van der Waals surface area contributed by atoms with Crippen LogP contribution in [-0.2, 0) is 14.9 Å². The molecule has 2 saturated heterocycles. The highest BCUT2D eigenvalue weighted by Crippen LogP contribution is 2.48. The third-order valence-corrected chi connectivity index (χ3v) is 6.87. The first-order valence-corrected chi connectivity index (χ1v) is 10.3. The van der Waals surface area contributed by atoms with Crippen molar-refractivity contribution in [3.05, 3.63) is 35.4 Å². The van der Waals surface area contributed by atoms with Gasteiger partial charge in [0.25, 0.3) is 0 Å². The van der Waals surface area contributed by atoms with Gasteiger partial charge in [-0.2, -0.15) is 0 Å². The maximum Gasteiger partial charge on any atom is 0.217 e. The molecule has 4 heteroatoms. The molecule has 2 fully saturated rings. The minimum Gasteiger partial charge on any atom is -0.381 e. The molecule has 0 radical (unpaired) electrons. The summed E-state index contributed by atoms with van der Waals surface area (Å²) < 4.78 is 5.51. The van der Waals surface area contributed by atoms with E-state index in [1.54, 1.807) is 6.92 Å². The molecule has 0 aromatic heterocycles. The normalized spacial score (nSPS) is 26.4. The lowest BCUT2D eigenvalue weighted by molar-refractivity contribution is -0.119. The van der Waals surface area contributed by atoms with Gasteiger partial charge in [-0.25, -0.2) is 0 Å². The van der Waals surface area contributed by atoms with Gasteiger partial charge in [-0.1, -0.05) is 24.3 Å². The molecule has 1 atom stereocenters. The zero-order valence-electron chi connectivity index (χ0n) is 16.0. The third-order valence-electron chi connectivity index (χ3n) is 6.87. The second kappa shape index (κ2) is 7.69. The molecule has 1 spiro atoms. The van der Waals surface area contributed by atoms with Crippen molar-refractivity contribution in [3.63, 3.8) is 0 Å². The van der Waals surface area contributed by atoms with Crippen molar-refractivity contribution < 1.29 is 11.0 Å². The first-order valence-electron chi connectivity index (χ1n) is 10.3. The van der Waals surface area contributed by atoms with Crippen molar-refractivity contribution in [1.29, 1.82) is 0 Å². The van der Waals surface area contributed by atoms with Crippen LogP contribution in [-0.4, -0.2) is 43.7 Å². The van der Waals surface area contributed by atoms with Gasteiger partial charge in [-0.05, 0) is 74.1 Å². The number of nitrogens with zero attached hydrogens (tertiary/aromatic N) is 1. The molecule has 2 aliphatic heterocycles. The molecule has 26 heavy (non-hydrogen) atoms. The summed E-state index contributed by atoms with van der Waals surface area (Å²) in [5.74, 6) is 0.896. The number of carbonyl (C=O) groups excluding carboxylic acids is 1. The van der Waals surface area contributed by atoms with Gasteiger partial charge in [0, 0.05) is 28.1 Å². The van der Waals surface area contributed by atoms with E-state index in [0.717, 1.165) is 25.6 Å². The second-order valence-corrected chi connectivity index (χ2v) is 8.52. The fourth-order valence-electron chi connectivity index (χ4n) is 5.37. The standard InChI is InChI=1S/C22H32N2O2.H2/c1-17(25)23-21-6-9-22(20-5-3-2-4-19(20)21)10-12-24(13-11-22)16-18-7-14-26-15-8-18;/h2-5,18,21H,6-16H2,1H3,(H,23,25);1H. The molecule has 3 aliphatic rings. The molecule has 2 heterocycles. The summed E-state index contributed by atoms with van der Waals surface area (Å²) in [6.07, 6.45) is 7.21. The molecular weight excluding hydrogens is 324 g/mol. The van der Waals surface area contributed by atoms with Gasteiger partial charge in [-0.3, -0.25) is 4.79 Å². The Morgan fingerprint density at radius 3 is 2.65 bits per heavy atom. The number of nitrogens with one attached hydrogen (secondary N) is 1. The van der Waals surface area contributed by atoms with E-state index >= 15 is 0 Å². The van der Waals surface area contributed by atoms with Crippen LogP contribution in [0.25, 0.3) is 0 Å². The molecule has 1 unspecified atom stereocenters. The van der Waals surface area contributed by atoms with E-state index in [4.69, 9.17) is 4.74 Å². The molecule has 144 valence electrons. The van der Waals surface area contributed by atoms with E-state index in [2.05, 4.69) is 34.5 Å². The lowest BCUT2D eigenvalue weighted by Gasteiger charge is -2.48. The van der Waals surface area contributed by atoms with Gasteiger partial charge in [0.15, 0.2) is 0 Å². The average Bonchev–Trinajstić information content (AvgIpc) is 2.67. The van der Waals surface area contributed by atoms with Crippen LogP contribution < -0.4 is 5.32 Å². The summed E-state index contributed by atoms with van der Waals surface area (Å²) >= 11 is 0. The molecule has 1 amide bonds. The predicted octanol–water partition coefficient (Wildman–Crippen LogP) is 3.66. The Morgan fingerprint density at radius 1 is 1.19 bits per heavy atom. The third kappa shape index (κ3) is 3.67. The number of benzene rings is 1. The molecule has 0 bridgehead atoms. The number of ether oxygens (including phenoxy) is 1. The molecule has 0 saturated carbocycles. The van der Waals surface area contributed by atoms with Crippen molar-refractivity contribution in [1.82, 2.24) is 10.2 Å². The highest BCUT2D eigenvalue weighted by Gasteiger charge is 2.42. The average molecular weight is 359 g/mol. The van der Waals surface area contributed by atoms with Crippen LogP contribution in [0.15, 0.2) is 24.3 Å². The highest BCUT2D eigenvalue weighted by atomic mass is 16.5. The number of likely N-dealkylation sites (tertiary alicyclic amines) is 1. The fourth-order valence-corrected chi connectivity index (χ4v) is 5.37. The summed E-state index contributed by atoms with van der Waals surface area (Å²) in [4.78, 5) is 14.3. The van der Waals surface area contributed by atoms with Crippen molar-refractivity contribution in [3.8, 4) is 0 Å². The number of carbonyl (C=O) groups is 1. The fraction of sp³-hybridized carbons (Fsp3) is 0.682. The van der Waals surface area contributed by atoms with Crippen LogP contribution in [0.4, 0.5) is 0 Å². The Bertz CT molecular complexity index is 637. The Kier molecular flexibility index (Phi) is 5.32. The van der Waals surface area contributed by atoms with Crippen molar-refractivity contribution >= 4 is 5.91 Å². The van der Waals surface area contributed by atoms with Crippen LogP contribution >= 0.6 is 0 Å². The predicted molar refractivity (Wildman–Crippen MR) is 105 cm³/mol. The molecule has 1 N–H and O–H groups in total. The maximum atomic E-state index is 11.6. The van der Waals surface area contributed by atoms with Gasteiger partial charge >= 0.3 is 0 Å². The van der Waals surface area contributed by atoms with E-state index < -0.39 is 0 Å². The molecule has 1 aliphatic carbocycles. The number of fused-ring (bicyclic) bond motifs is 2. The van der Waals surface area contributed by atoms with Crippen molar-refractivity contribution in [2.24, 2.45) is 5.92 Å². The van der Waals surface area contributed by atoms with Crippen LogP contribution in [0.3, 0.4) is 0 Å². The first kappa shape index (κ1) is 18.0. The zero-order valence-corrected chi connectivity index (χ0v) is 16.0. The minimum absolute atomic E-state index is 0. The largest absolute Gasteiger partial charge is 0.381 e. The molecule has 1 aromatic carbocycles. The van der Waals surface area contributed by atoms with Gasteiger partial charge in [-0.15, -0.1) is 0 Å². The van der Waals surface area contributed by atoms with E-state index in [0.29, 0.717) is 5.41 Å². The molecule has 4 rings (SSSR count). The summed E-state index contributed by atoms with van der Waals surface area (Å²) in [5.41, 5.74) is 3.17. The maximum absolute atomic E-state index is 11.6. The summed E-state index contributed by atoms with van der Waals surface area (Å²) in [6, 6.07) is 9.02. The van der Waals surface area contributed by atoms with Crippen molar-refractivity contribution in [2.45, 2.75) is 56.9 Å².